The molecule has 2 rings (SSSR count). The molecule has 120 valence electrons. The van der Waals surface area contributed by atoms with Crippen LogP contribution in [-0.2, 0) is 16.0 Å². The summed E-state index contributed by atoms with van der Waals surface area (Å²) in [4.78, 5) is 26.7. The third kappa shape index (κ3) is 3.49. The maximum atomic E-state index is 12.5. The van der Waals surface area contributed by atoms with Crippen LogP contribution in [0.3, 0.4) is 0 Å². The first-order valence-electron chi connectivity index (χ1n) is 8.19. The van der Waals surface area contributed by atoms with Gasteiger partial charge in [-0.2, -0.15) is 0 Å². The Morgan fingerprint density at radius 2 is 1.82 bits per heavy atom. The Bertz CT molecular complexity index is 533. The molecule has 0 atom stereocenters. The van der Waals surface area contributed by atoms with Gasteiger partial charge in [0.2, 0.25) is 11.8 Å². The minimum Gasteiger partial charge on any atom is -0.345 e. The highest BCUT2D eigenvalue weighted by molar-refractivity contribution is 6.12. The van der Waals surface area contributed by atoms with Crippen molar-refractivity contribution in [3.8, 4) is 0 Å². The molecule has 4 nitrogen and oxygen atoms in total. The van der Waals surface area contributed by atoms with Crippen molar-refractivity contribution in [2.45, 2.75) is 46.0 Å². The van der Waals surface area contributed by atoms with Crippen molar-refractivity contribution in [1.29, 1.82) is 0 Å². The van der Waals surface area contributed by atoms with Crippen LogP contribution in [-0.4, -0.2) is 30.3 Å². The Hall–Kier alpha value is -1.84. The number of nitrogens with zero attached hydrogens (tertiary/aromatic N) is 1. The standard InChI is InChI=1S/C18H26N2O2/c1-4-6-13-20(3)17(22)18(11-12-18)16(21)19-15-9-7-14(5-2)8-10-15/h7-10H,4-6,11-13H2,1-3H3,(H,19,21). The van der Waals surface area contributed by atoms with Crippen molar-refractivity contribution in [3.63, 3.8) is 0 Å². The number of carbonyl (C=O) groups excluding carboxylic acids is 2. The van der Waals surface area contributed by atoms with Gasteiger partial charge >= 0.3 is 0 Å². The van der Waals surface area contributed by atoms with Crippen LogP contribution in [0.2, 0.25) is 0 Å². The second kappa shape index (κ2) is 6.95. The molecule has 0 radical (unpaired) electrons. The highest BCUT2D eigenvalue weighted by Crippen LogP contribution is 2.48. The summed E-state index contributed by atoms with van der Waals surface area (Å²) >= 11 is 0. The second-order valence-corrected chi connectivity index (χ2v) is 6.17. The highest BCUT2D eigenvalue weighted by Gasteiger charge is 2.57. The fraction of sp³-hybridized carbons (Fsp3) is 0.556. The Kier molecular flexibility index (Phi) is 5.22. The molecule has 1 aliphatic carbocycles. The largest absolute Gasteiger partial charge is 0.345 e. The van der Waals surface area contributed by atoms with Gasteiger partial charge in [-0.1, -0.05) is 32.4 Å². The zero-order valence-corrected chi connectivity index (χ0v) is 13.8. The fourth-order valence-corrected chi connectivity index (χ4v) is 2.60. The predicted molar refractivity (Wildman–Crippen MR) is 88.7 cm³/mol. The molecular formula is C18H26N2O2. The van der Waals surface area contributed by atoms with E-state index in [2.05, 4.69) is 19.2 Å². The molecule has 0 heterocycles. The molecule has 22 heavy (non-hydrogen) atoms. The van der Waals surface area contributed by atoms with Gasteiger partial charge in [0.15, 0.2) is 0 Å². The van der Waals surface area contributed by atoms with Gasteiger partial charge in [0, 0.05) is 19.3 Å². The second-order valence-electron chi connectivity index (χ2n) is 6.17. The number of rotatable bonds is 7. The first-order chi connectivity index (χ1) is 10.5. The van der Waals surface area contributed by atoms with Gasteiger partial charge in [-0.05, 0) is 43.4 Å². The summed E-state index contributed by atoms with van der Waals surface area (Å²) in [6.45, 7) is 4.91. The molecule has 1 saturated carbocycles. The molecule has 0 saturated heterocycles. The van der Waals surface area contributed by atoms with E-state index in [1.165, 1.54) is 5.56 Å². The molecular weight excluding hydrogens is 276 g/mol. The number of aryl methyl sites for hydroxylation is 1. The number of benzene rings is 1. The van der Waals surface area contributed by atoms with Crippen molar-refractivity contribution in [3.05, 3.63) is 29.8 Å². The van der Waals surface area contributed by atoms with E-state index >= 15 is 0 Å². The summed E-state index contributed by atoms with van der Waals surface area (Å²) < 4.78 is 0. The van der Waals surface area contributed by atoms with Gasteiger partial charge in [-0.25, -0.2) is 0 Å². The lowest BCUT2D eigenvalue weighted by Crippen LogP contribution is -2.41. The van der Waals surface area contributed by atoms with Crippen LogP contribution in [0.5, 0.6) is 0 Å². The number of amides is 2. The van der Waals surface area contributed by atoms with Crippen molar-refractivity contribution >= 4 is 17.5 Å². The monoisotopic (exact) mass is 302 g/mol. The summed E-state index contributed by atoms with van der Waals surface area (Å²) in [5.41, 5.74) is 1.17. The number of carbonyl (C=O) groups is 2. The van der Waals surface area contributed by atoms with E-state index in [-0.39, 0.29) is 11.8 Å². The number of anilines is 1. The number of unbranched alkanes of at least 4 members (excludes halogenated alkanes) is 1. The number of hydrogen-bond donors (Lipinski definition) is 1. The maximum Gasteiger partial charge on any atom is 0.240 e. The number of nitrogens with one attached hydrogen (secondary N) is 1. The molecule has 0 spiro atoms. The Morgan fingerprint density at radius 3 is 2.32 bits per heavy atom. The lowest BCUT2D eigenvalue weighted by atomic mass is 10.0. The zero-order chi connectivity index (χ0) is 16.2. The molecule has 0 aromatic heterocycles. The smallest absolute Gasteiger partial charge is 0.240 e. The third-order valence-electron chi connectivity index (χ3n) is 4.41. The minimum atomic E-state index is -0.827. The van der Waals surface area contributed by atoms with E-state index in [1.807, 2.05) is 24.3 Å². The van der Waals surface area contributed by atoms with Crippen molar-refractivity contribution in [1.82, 2.24) is 4.90 Å². The van der Waals surface area contributed by atoms with Crippen LogP contribution < -0.4 is 5.32 Å². The molecule has 1 aromatic carbocycles. The first-order valence-corrected chi connectivity index (χ1v) is 8.19. The van der Waals surface area contributed by atoms with Gasteiger partial charge in [0.25, 0.3) is 0 Å². The Morgan fingerprint density at radius 1 is 1.18 bits per heavy atom. The summed E-state index contributed by atoms with van der Waals surface area (Å²) in [6.07, 6.45) is 4.29. The van der Waals surface area contributed by atoms with Crippen LogP contribution in [0.1, 0.15) is 45.1 Å². The van der Waals surface area contributed by atoms with Gasteiger partial charge in [0.1, 0.15) is 5.41 Å². The molecule has 1 fully saturated rings. The highest BCUT2D eigenvalue weighted by atomic mass is 16.2. The normalized spacial score (nSPS) is 15.2. The topological polar surface area (TPSA) is 49.4 Å². The van der Waals surface area contributed by atoms with E-state index in [9.17, 15) is 9.59 Å². The predicted octanol–water partition coefficient (Wildman–Crippen LogP) is 3.23. The lowest BCUT2D eigenvalue weighted by Gasteiger charge is -2.23. The molecule has 0 bridgehead atoms. The summed E-state index contributed by atoms with van der Waals surface area (Å²) in [6, 6.07) is 7.81. The number of hydrogen-bond acceptors (Lipinski definition) is 2. The summed E-state index contributed by atoms with van der Waals surface area (Å²) in [5.74, 6) is -0.200. The van der Waals surface area contributed by atoms with Gasteiger partial charge in [0.05, 0.1) is 0 Å². The average Bonchev–Trinajstić information content (AvgIpc) is 3.34. The maximum absolute atomic E-state index is 12.5. The molecule has 4 heteroatoms. The molecule has 1 aliphatic rings. The first kappa shape index (κ1) is 16.5. The van der Waals surface area contributed by atoms with E-state index in [0.717, 1.165) is 31.5 Å². The van der Waals surface area contributed by atoms with Crippen molar-refractivity contribution in [2.75, 3.05) is 18.9 Å². The van der Waals surface area contributed by atoms with Crippen LogP contribution in [0.4, 0.5) is 5.69 Å². The summed E-state index contributed by atoms with van der Waals surface area (Å²) in [7, 11) is 1.79. The lowest BCUT2D eigenvalue weighted by molar-refractivity contribution is -0.141. The average molecular weight is 302 g/mol. The summed E-state index contributed by atoms with van der Waals surface area (Å²) in [5, 5.41) is 2.90. The van der Waals surface area contributed by atoms with Crippen LogP contribution >= 0.6 is 0 Å². The van der Waals surface area contributed by atoms with Gasteiger partial charge < -0.3 is 10.2 Å². The van der Waals surface area contributed by atoms with Crippen LogP contribution in [0, 0.1) is 5.41 Å². The third-order valence-corrected chi connectivity index (χ3v) is 4.41. The Balaban J connectivity index is 1.99. The minimum absolute atomic E-state index is 0.0383. The SMILES string of the molecule is CCCCN(C)C(=O)C1(C(=O)Nc2ccc(CC)cc2)CC1. The van der Waals surface area contributed by atoms with Crippen LogP contribution in [0.25, 0.3) is 0 Å². The van der Waals surface area contributed by atoms with E-state index in [1.54, 1.807) is 11.9 Å². The molecule has 2 amide bonds. The zero-order valence-electron chi connectivity index (χ0n) is 13.8. The van der Waals surface area contributed by atoms with Crippen LogP contribution in [0.15, 0.2) is 24.3 Å². The molecule has 1 aromatic rings. The Labute approximate surface area is 132 Å². The van der Waals surface area contributed by atoms with Gasteiger partial charge in [-0.15, -0.1) is 0 Å². The molecule has 1 N–H and O–H groups in total. The van der Waals surface area contributed by atoms with Crippen molar-refractivity contribution in [2.24, 2.45) is 5.41 Å². The van der Waals surface area contributed by atoms with Gasteiger partial charge in [-0.3, -0.25) is 9.59 Å². The fourth-order valence-electron chi connectivity index (χ4n) is 2.60. The molecule has 0 unspecified atom stereocenters. The molecule has 0 aliphatic heterocycles. The van der Waals surface area contributed by atoms with E-state index in [4.69, 9.17) is 0 Å². The van der Waals surface area contributed by atoms with E-state index < -0.39 is 5.41 Å². The van der Waals surface area contributed by atoms with E-state index in [0.29, 0.717) is 12.8 Å². The van der Waals surface area contributed by atoms with Crippen molar-refractivity contribution < 1.29 is 9.59 Å². The quantitative estimate of drug-likeness (QED) is 0.786.